The average molecular weight is 496 g/mol. The molecule has 11 heteroatoms. The van der Waals surface area contributed by atoms with Gasteiger partial charge in [-0.15, -0.1) is 0 Å². The second-order valence-electron chi connectivity index (χ2n) is 9.32. The van der Waals surface area contributed by atoms with Crippen molar-refractivity contribution in [1.82, 2.24) is 4.31 Å². The molecular weight excluding hydrogens is 462 g/mol. The maximum absolute atomic E-state index is 12.9. The van der Waals surface area contributed by atoms with Crippen LogP contribution in [-0.4, -0.2) is 69.6 Å². The first-order valence-electron chi connectivity index (χ1n) is 12.1. The molecule has 2 heterocycles. The zero-order chi connectivity index (χ0) is 24.1. The highest BCUT2D eigenvalue weighted by Crippen LogP contribution is 2.35. The zero-order valence-corrected chi connectivity index (χ0v) is 20.2. The normalized spacial score (nSPS) is 21.4. The highest BCUT2D eigenvalue weighted by atomic mass is 32.2. The number of nitrogens with zero attached hydrogens (tertiary/aromatic N) is 3. The Bertz CT molecular complexity index is 980. The molecule has 2 saturated heterocycles. The second kappa shape index (κ2) is 11.0. The third-order valence-electron chi connectivity index (χ3n) is 7.11. The van der Waals surface area contributed by atoms with Crippen molar-refractivity contribution in [3.05, 3.63) is 28.3 Å². The third kappa shape index (κ3) is 5.69. The fraction of sp³-hybridized carbons (Fsp3) is 0.696. The van der Waals surface area contributed by atoms with Crippen molar-refractivity contribution in [2.24, 2.45) is 11.8 Å². The lowest BCUT2D eigenvalue weighted by Gasteiger charge is -2.33. The number of benzene rings is 1. The quantitative estimate of drug-likeness (QED) is 0.322. The van der Waals surface area contributed by atoms with Gasteiger partial charge in [-0.25, -0.2) is 8.42 Å². The molecule has 2 aliphatic heterocycles. The van der Waals surface area contributed by atoms with Crippen LogP contribution in [0.25, 0.3) is 0 Å². The number of carbonyl (C=O) groups excluding carboxylic acids is 1. The molecule has 1 aromatic carbocycles. The monoisotopic (exact) mass is 495 g/mol. The molecule has 0 aromatic heterocycles. The SMILES string of the molecule is O=C(OCC1CCCCC1)C1CCN(c2ccc(S(=O)(=O)N3CCOCC3)cc2[N+](=O)[O-])CC1. The maximum Gasteiger partial charge on any atom is 0.309 e. The van der Waals surface area contributed by atoms with Crippen LogP contribution in [0.5, 0.6) is 0 Å². The summed E-state index contributed by atoms with van der Waals surface area (Å²) in [6.45, 7) is 2.49. The number of piperidine rings is 1. The number of morpholine rings is 1. The predicted octanol–water partition coefficient (Wildman–Crippen LogP) is 2.96. The van der Waals surface area contributed by atoms with E-state index in [-0.39, 0.29) is 35.6 Å². The number of nitro benzene ring substituents is 1. The number of hydrogen-bond acceptors (Lipinski definition) is 8. The van der Waals surface area contributed by atoms with Gasteiger partial charge in [0.05, 0.1) is 35.6 Å². The second-order valence-corrected chi connectivity index (χ2v) is 11.3. The third-order valence-corrected chi connectivity index (χ3v) is 9.00. The summed E-state index contributed by atoms with van der Waals surface area (Å²) in [6.07, 6.45) is 7.00. The van der Waals surface area contributed by atoms with Crippen molar-refractivity contribution in [2.75, 3.05) is 50.9 Å². The van der Waals surface area contributed by atoms with Gasteiger partial charge in [-0.3, -0.25) is 14.9 Å². The lowest BCUT2D eigenvalue weighted by Crippen LogP contribution is -2.40. The first kappa shape index (κ1) is 24.9. The van der Waals surface area contributed by atoms with Gasteiger partial charge < -0.3 is 14.4 Å². The van der Waals surface area contributed by atoms with Gasteiger partial charge in [0.15, 0.2) is 0 Å². The van der Waals surface area contributed by atoms with Gasteiger partial charge in [-0.05, 0) is 43.7 Å². The Hall–Kier alpha value is -2.24. The topological polar surface area (TPSA) is 119 Å². The van der Waals surface area contributed by atoms with E-state index in [1.54, 1.807) is 0 Å². The molecule has 3 fully saturated rings. The van der Waals surface area contributed by atoms with E-state index in [0.29, 0.717) is 57.4 Å². The van der Waals surface area contributed by atoms with E-state index in [2.05, 4.69) is 0 Å². The van der Waals surface area contributed by atoms with E-state index in [0.717, 1.165) is 18.9 Å². The first-order valence-corrected chi connectivity index (χ1v) is 13.6. The highest BCUT2D eigenvalue weighted by Gasteiger charge is 2.32. The average Bonchev–Trinajstić information content (AvgIpc) is 2.88. The molecule has 188 valence electrons. The van der Waals surface area contributed by atoms with E-state index in [1.165, 1.54) is 35.7 Å². The number of esters is 1. The van der Waals surface area contributed by atoms with E-state index < -0.39 is 14.9 Å². The number of sulfonamides is 1. The summed E-state index contributed by atoms with van der Waals surface area (Å²) in [6, 6.07) is 4.08. The molecule has 1 saturated carbocycles. The molecule has 0 N–H and O–H groups in total. The molecule has 1 aliphatic carbocycles. The van der Waals surface area contributed by atoms with Crippen LogP contribution in [0, 0.1) is 22.0 Å². The summed E-state index contributed by atoms with van der Waals surface area (Å²) in [5.74, 6) is 0.0826. The molecular formula is C23H33N3O7S. The lowest BCUT2D eigenvalue weighted by molar-refractivity contribution is -0.384. The number of rotatable bonds is 7. The van der Waals surface area contributed by atoms with Gasteiger partial charge >= 0.3 is 5.97 Å². The summed E-state index contributed by atoms with van der Waals surface area (Å²) in [5, 5.41) is 11.8. The summed E-state index contributed by atoms with van der Waals surface area (Å²) < 4.78 is 37.9. The predicted molar refractivity (Wildman–Crippen MR) is 125 cm³/mol. The van der Waals surface area contributed by atoms with Crippen LogP contribution in [0.4, 0.5) is 11.4 Å². The summed E-state index contributed by atoms with van der Waals surface area (Å²) in [4.78, 5) is 25.6. The molecule has 0 radical (unpaired) electrons. The number of ether oxygens (including phenoxy) is 2. The highest BCUT2D eigenvalue weighted by molar-refractivity contribution is 7.89. The molecule has 0 atom stereocenters. The van der Waals surface area contributed by atoms with E-state index in [4.69, 9.17) is 9.47 Å². The van der Waals surface area contributed by atoms with Crippen LogP contribution >= 0.6 is 0 Å². The van der Waals surface area contributed by atoms with Crippen molar-refractivity contribution in [2.45, 2.75) is 49.8 Å². The Morgan fingerprint density at radius 1 is 1.06 bits per heavy atom. The first-order chi connectivity index (χ1) is 16.4. The Balaban J connectivity index is 1.39. The molecule has 34 heavy (non-hydrogen) atoms. The van der Waals surface area contributed by atoms with Crippen LogP contribution in [0.1, 0.15) is 44.9 Å². The van der Waals surface area contributed by atoms with Gasteiger partial charge in [0.2, 0.25) is 10.0 Å². The standard InChI is InChI=1S/C23H33N3O7S/c27-23(33-17-18-4-2-1-3-5-18)19-8-10-24(11-9-19)21-7-6-20(16-22(21)26(28)29)34(30,31)25-12-14-32-15-13-25/h6-7,16,18-19H,1-5,8-15,17H2. The van der Waals surface area contributed by atoms with Crippen LogP contribution in [0.15, 0.2) is 23.1 Å². The number of anilines is 1. The van der Waals surface area contributed by atoms with E-state index in [1.807, 2.05) is 4.90 Å². The molecule has 1 aromatic rings. The van der Waals surface area contributed by atoms with Crippen molar-refractivity contribution in [3.63, 3.8) is 0 Å². The molecule has 0 spiro atoms. The fourth-order valence-corrected chi connectivity index (χ4v) is 6.47. The largest absolute Gasteiger partial charge is 0.465 e. The van der Waals surface area contributed by atoms with Gasteiger partial charge in [0.1, 0.15) is 5.69 Å². The molecule has 0 unspecified atom stereocenters. The van der Waals surface area contributed by atoms with Crippen LogP contribution in [-0.2, 0) is 24.3 Å². The fourth-order valence-electron chi connectivity index (χ4n) is 5.04. The number of carbonyl (C=O) groups is 1. The Labute approximate surface area is 200 Å². The maximum atomic E-state index is 12.9. The van der Waals surface area contributed by atoms with Crippen LogP contribution in [0.2, 0.25) is 0 Å². The van der Waals surface area contributed by atoms with Crippen molar-refractivity contribution >= 4 is 27.4 Å². The van der Waals surface area contributed by atoms with Gasteiger partial charge in [0.25, 0.3) is 5.69 Å². The minimum absolute atomic E-state index is 0.0916. The Morgan fingerprint density at radius 2 is 1.74 bits per heavy atom. The molecule has 4 rings (SSSR count). The van der Waals surface area contributed by atoms with Gasteiger partial charge in [0, 0.05) is 32.2 Å². The van der Waals surface area contributed by atoms with E-state index in [9.17, 15) is 23.3 Å². The number of hydrogen-bond donors (Lipinski definition) is 0. The Kier molecular flexibility index (Phi) is 8.05. The van der Waals surface area contributed by atoms with Crippen LogP contribution in [0.3, 0.4) is 0 Å². The number of nitro groups is 1. The molecule has 0 amide bonds. The van der Waals surface area contributed by atoms with Crippen molar-refractivity contribution in [3.8, 4) is 0 Å². The zero-order valence-electron chi connectivity index (χ0n) is 19.4. The Morgan fingerprint density at radius 3 is 2.38 bits per heavy atom. The van der Waals surface area contributed by atoms with Crippen molar-refractivity contribution in [1.29, 1.82) is 0 Å². The smallest absolute Gasteiger partial charge is 0.309 e. The van der Waals surface area contributed by atoms with Gasteiger partial charge in [-0.2, -0.15) is 4.31 Å². The summed E-state index contributed by atoms with van der Waals surface area (Å²) in [7, 11) is -3.83. The molecule has 0 bridgehead atoms. The molecule has 3 aliphatic rings. The summed E-state index contributed by atoms with van der Waals surface area (Å²) in [5.41, 5.74) is 0.132. The van der Waals surface area contributed by atoms with Crippen molar-refractivity contribution < 1.29 is 27.6 Å². The molecule has 10 nitrogen and oxygen atoms in total. The lowest BCUT2D eigenvalue weighted by atomic mass is 9.90. The minimum atomic E-state index is -3.83. The summed E-state index contributed by atoms with van der Waals surface area (Å²) >= 11 is 0. The van der Waals surface area contributed by atoms with Gasteiger partial charge in [-0.1, -0.05) is 19.3 Å². The van der Waals surface area contributed by atoms with Crippen LogP contribution < -0.4 is 4.90 Å². The minimum Gasteiger partial charge on any atom is -0.465 e. The van der Waals surface area contributed by atoms with E-state index >= 15 is 0 Å².